The summed E-state index contributed by atoms with van der Waals surface area (Å²) in [5, 5.41) is 13.7. The Balaban J connectivity index is 3.67. The minimum absolute atomic E-state index is 0.0762. The highest BCUT2D eigenvalue weighted by atomic mass is 16.7. The Kier molecular flexibility index (Phi) is 12.4. The molecule has 210 valence electrons. The van der Waals surface area contributed by atoms with Gasteiger partial charge in [-0.3, -0.25) is 24.0 Å². The number of methoxy groups -OCH3 is 1. The summed E-state index contributed by atoms with van der Waals surface area (Å²) >= 11 is 0. The van der Waals surface area contributed by atoms with Gasteiger partial charge in [-0.25, -0.2) is 4.79 Å². The number of carbonyl (C=O) groups is 6. The number of unbranched alkanes of at least 4 members (excludes halogenated alkanes) is 1. The topological polar surface area (TPSA) is 190 Å². The predicted molar refractivity (Wildman–Crippen MR) is 121 cm³/mol. The Morgan fingerprint density at radius 3 is 2.11 bits per heavy atom. The molecular weight excluding hydrogens is 498 g/mol. The van der Waals surface area contributed by atoms with Crippen LogP contribution in [-0.4, -0.2) is 90.8 Å². The summed E-state index contributed by atoms with van der Waals surface area (Å²) in [6.45, 7) is 5.49. The van der Waals surface area contributed by atoms with Gasteiger partial charge in [0, 0.05) is 34.1 Å². The Hall–Kier alpha value is -3.26. The van der Waals surface area contributed by atoms with E-state index in [4.69, 9.17) is 23.7 Å². The zero-order valence-electron chi connectivity index (χ0n) is 21.8. The first kappa shape index (κ1) is 31.8. The van der Waals surface area contributed by atoms with E-state index in [1.54, 1.807) is 0 Å². The molecule has 1 fully saturated rings. The fraction of sp³-hybridized carbons (Fsp3) is 0.739. The molecule has 0 radical (unpaired) electrons. The van der Waals surface area contributed by atoms with Gasteiger partial charge in [0.15, 0.2) is 12.2 Å². The lowest BCUT2D eigenvalue weighted by Gasteiger charge is -2.47. The molecule has 14 heteroatoms. The van der Waals surface area contributed by atoms with Crippen molar-refractivity contribution in [3.8, 4) is 0 Å². The molecule has 0 aromatic rings. The van der Waals surface area contributed by atoms with Gasteiger partial charge in [-0.05, 0) is 6.42 Å². The van der Waals surface area contributed by atoms with Crippen LogP contribution in [0.3, 0.4) is 0 Å². The van der Waals surface area contributed by atoms with E-state index < -0.39 is 85.0 Å². The van der Waals surface area contributed by atoms with E-state index in [0.717, 1.165) is 34.8 Å². The van der Waals surface area contributed by atoms with Gasteiger partial charge in [-0.2, -0.15) is 0 Å². The monoisotopic (exact) mass is 533 g/mol. The fourth-order valence-corrected chi connectivity index (χ4v) is 3.77. The summed E-state index contributed by atoms with van der Waals surface area (Å²) in [6.07, 6.45) is -5.57. The molecule has 0 aliphatic carbocycles. The number of amides is 1. The van der Waals surface area contributed by atoms with Crippen LogP contribution in [0.4, 0.5) is 0 Å². The van der Waals surface area contributed by atoms with Gasteiger partial charge < -0.3 is 38.8 Å². The van der Waals surface area contributed by atoms with Crippen molar-refractivity contribution in [2.75, 3.05) is 13.7 Å². The van der Waals surface area contributed by atoms with Crippen molar-refractivity contribution < 1.29 is 62.3 Å². The lowest BCUT2D eigenvalue weighted by atomic mass is 9.88. The standard InChI is InChI=1S/C23H35NO13/c1-7-8-9-18(29)24-19-16(34-13(3)26)10-23(31,22(30)32-6)37-21(19)20(36-15(5)28)17(35-14(4)27)11-33-12(2)25/h16-17,19-21,31H,7-11H2,1-6H3,(H,24,29)/t16-,17+,19+,20+,21+,23-/m0/s1. The average Bonchev–Trinajstić information content (AvgIpc) is 2.79. The molecule has 0 spiro atoms. The van der Waals surface area contributed by atoms with Crippen LogP contribution in [0.15, 0.2) is 0 Å². The van der Waals surface area contributed by atoms with Gasteiger partial charge in [0.2, 0.25) is 5.91 Å². The summed E-state index contributed by atoms with van der Waals surface area (Å²) in [5.41, 5.74) is 0. The Morgan fingerprint density at radius 2 is 1.62 bits per heavy atom. The third-order valence-electron chi connectivity index (χ3n) is 5.23. The molecule has 0 bridgehead atoms. The molecule has 0 saturated carbocycles. The van der Waals surface area contributed by atoms with E-state index in [0.29, 0.717) is 12.8 Å². The summed E-state index contributed by atoms with van der Waals surface area (Å²) in [4.78, 5) is 72.4. The normalized spacial score (nSPS) is 24.6. The molecule has 37 heavy (non-hydrogen) atoms. The molecule has 1 rings (SSSR count). The van der Waals surface area contributed by atoms with Crippen LogP contribution in [0.5, 0.6) is 0 Å². The number of carbonyl (C=O) groups excluding carboxylic acids is 6. The van der Waals surface area contributed by atoms with Crippen molar-refractivity contribution >= 4 is 35.8 Å². The van der Waals surface area contributed by atoms with Crippen LogP contribution < -0.4 is 5.32 Å². The van der Waals surface area contributed by atoms with Gasteiger partial charge >= 0.3 is 29.8 Å². The summed E-state index contributed by atoms with van der Waals surface area (Å²) in [5.74, 6) is -7.80. The maximum absolute atomic E-state index is 12.7. The summed E-state index contributed by atoms with van der Waals surface area (Å²) in [7, 11) is 0.976. The highest BCUT2D eigenvalue weighted by molar-refractivity contribution is 5.79. The van der Waals surface area contributed by atoms with Crippen LogP contribution in [0, 0.1) is 0 Å². The first-order valence-electron chi connectivity index (χ1n) is 11.7. The number of esters is 5. The second kappa shape index (κ2) is 14.5. The van der Waals surface area contributed by atoms with Crippen LogP contribution in [0.1, 0.15) is 60.3 Å². The second-order valence-corrected chi connectivity index (χ2v) is 8.43. The van der Waals surface area contributed by atoms with Crippen molar-refractivity contribution in [1.82, 2.24) is 5.32 Å². The van der Waals surface area contributed by atoms with Crippen molar-refractivity contribution in [3.63, 3.8) is 0 Å². The van der Waals surface area contributed by atoms with Gasteiger partial charge in [0.1, 0.15) is 18.8 Å². The van der Waals surface area contributed by atoms with Crippen molar-refractivity contribution in [1.29, 1.82) is 0 Å². The molecule has 1 saturated heterocycles. The molecule has 1 heterocycles. The molecular formula is C23H35NO13. The van der Waals surface area contributed by atoms with Gasteiger partial charge in [-0.1, -0.05) is 13.3 Å². The molecule has 14 nitrogen and oxygen atoms in total. The molecule has 1 aliphatic heterocycles. The zero-order valence-corrected chi connectivity index (χ0v) is 21.8. The quantitative estimate of drug-likeness (QED) is 0.245. The Bertz CT molecular complexity index is 860. The minimum Gasteiger partial charge on any atom is -0.465 e. The van der Waals surface area contributed by atoms with E-state index in [1.165, 1.54) is 0 Å². The average molecular weight is 534 g/mol. The molecule has 1 aliphatic rings. The van der Waals surface area contributed by atoms with Gasteiger partial charge in [-0.15, -0.1) is 0 Å². The van der Waals surface area contributed by atoms with Crippen molar-refractivity contribution in [2.45, 2.75) is 96.5 Å². The minimum atomic E-state index is -2.72. The predicted octanol–water partition coefficient (Wildman–Crippen LogP) is -0.330. The molecule has 0 unspecified atom stereocenters. The number of hydrogen-bond acceptors (Lipinski definition) is 13. The van der Waals surface area contributed by atoms with E-state index >= 15 is 0 Å². The molecule has 0 aromatic carbocycles. The largest absolute Gasteiger partial charge is 0.465 e. The first-order chi connectivity index (χ1) is 17.2. The smallest absolute Gasteiger partial charge is 0.366 e. The lowest BCUT2D eigenvalue weighted by molar-refractivity contribution is -0.299. The van der Waals surface area contributed by atoms with E-state index in [1.807, 2.05) is 6.92 Å². The number of aliphatic hydroxyl groups is 1. The number of rotatable bonds is 12. The molecule has 1 amide bonds. The summed E-state index contributed by atoms with van der Waals surface area (Å²) < 4.78 is 31.1. The maximum atomic E-state index is 12.7. The van der Waals surface area contributed by atoms with Crippen LogP contribution >= 0.6 is 0 Å². The maximum Gasteiger partial charge on any atom is 0.366 e. The van der Waals surface area contributed by atoms with Gasteiger partial charge in [0.05, 0.1) is 19.6 Å². The highest BCUT2D eigenvalue weighted by Gasteiger charge is 2.57. The lowest BCUT2D eigenvalue weighted by Crippen LogP contribution is -2.68. The van der Waals surface area contributed by atoms with Gasteiger partial charge in [0.25, 0.3) is 5.79 Å². The van der Waals surface area contributed by atoms with Crippen molar-refractivity contribution in [3.05, 3.63) is 0 Å². The zero-order chi connectivity index (χ0) is 28.3. The molecule has 0 aromatic heterocycles. The van der Waals surface area contributed by atoms with E-state index in [2.05, 4.69) is 10.1 Å². The number of hydrogen-bond donors (Lipinski definition) is 2. The third kappa shape index (κ3) is 9.96. The van der Waals surface area contributed by atoms with E-state index in [-0.39, 0.29) is 6.42 Å². The molecule has 2 N–H and O–H groups in total. The summed E-state index contributed by atoms with van der Waals surface area (Å²) in [6, 6.07) is -1.31. The molecule has 6 atom stereocenters. The number of ether oxygens (including phenoxy) is 6. The van der Waals surface area contributed by atoms with Crippen LogP contribution in [0.2, 0.25) is 0 Å². The SMILES string of the molecule is CCCCC(=O)N[C@H]1[C@H]([C@H](OC(C)=O)[C@@H](COC(C)=O)OC(C)=O)O[C@](O)(C(=O)OC)C[C@@H]1OC(C)=O. The van der Waals surface area contributed by atoms with Crippen LogP contribution in [-0.2, 0) is 57.2 Å². The number of nitrogens with one attached hydrogen (secondary N) is 1. The Labute approximate surface area is 214 Å². The second-order valence-electron chi connectivity index (χ2n) is 8.43. The first-order valence-corrected chi connectivity index (χ1v) is 11.7. The fourth-order valence-electron chi connectivity index (χ4n) is 3.77. The van der Waals surface area contributed by atoms with Crippen molar-refractivity contribution in [2.24, 2.45) is 0 Å². The third-order valence-corrected chi connectivity index (χ3v) is 5.23. The van der Waals surface area contributed by atoms with Crippen LogP contribution in [0.25, 0.3) is 0 Å². The Morgan fingerprint density at radius 1 is 1.00 bits per heavy atom. The van der Waals surface area contributed by atoms with E-state index in [9.17, 15) is 33.9 Å². The highest BCUT2D eigenvalue weighted by Crippen LogP contribution is 2.34.